The van der Waals surface area contributed by atoms with E-state index < -0.39 is 94.1 Å². The summed E-state index contributed by atoms with van der Waals surface area (Å²) in [6, 6.07) is 21.7. The third-order valence-electron chi connectivity index (χ3n) is 9.66. The van der Waals surface area contributed by atoms with Gasteiger partial charge < -0.3 is 16.4 Å². The van der Waals surface area contributed by atoms with Gasteiger partial charge in [-0.25, -0.2) is 0 Å². The van der Waals surface area contributed by atoms with Gasteiger partial charge >= 0.3 is 0 Å². The summed E-state index contributed by atoms with van der Waals surface area (Å²) in [5, 5.41) is 21.8. The molecule has 27 heteroatoms. The van der Waals surface area contributed by atoms with E-state index in [2.05, 4.69) is 41.9 Å². The van der Waals surface area contributed by atoms with Crippen LogP contribution in [-0.4, -0.2) is 74.9 Å². The summed E-state index contributed by atoms with van der Waals surface area (Å²) in [6.07, 6.45) is 4.93. The molecule has 2 aliphatic carbocycles. The minimum atomic E-state index is -5.31. The van der Waals surface area contributed by atoms with Gasteiger partial charge in [0.1, 0.15) is 26.1 Å². The lowest BCUT2D eigenvalue weighted by Crippen LogP contribution is -2.28. The van der Waals surface area contributed by atoms with Crippen molar-refractivity contribution in [1.82, 2.24) is 0 Å². The Hall–Kier alpha value is -7.76. The SMILES string of the molecule is Cc1ccccc1NC1=CC(=O)C=C/C1=N/Nc1ccc(Nc2ccc(N=Nc3c(S(=O)(=O)O)cc4c(c3N)C(=O)/C(=N/Nc3ccc(S(=O)(=O)O)cc3)C(S(=O)(=O)O)=C4)cc2S(=O)(=O)O)cc1. The second-order valence-corrected chi connectivity index (χ2v) is 20.0. The lowest BCUT2D eigenvalue weighted by Gasteiger charge is -2.20. The first-order chi connectivity index (χ1) is 31.9. The number of nitrogens with zero attached hydrogens (tertiary/aromatic N) is 4. The number of benzene rings is 5. The van der Waals surface area contributed by atoms with Gasteiger partial charge in [-0.05, 0) is 115 Å². The van der Waals surface area contributed by atoms with Crippen molar-refractivity contribution in [3.8, 4) is 0 Å². The van der Waals surface area contributed by atoms with Gasteiger partial charge in [-0.15, -0.1) is 5.11 Å². The van der Waals surface area contributed by atoms with Gasteiger partial charge in [-0.1, -0.05) is 18.2 Å². The molecule has 5 aromatic rings. The van der Waals surface area contributed by atoms with Crippen LogP contribution in [0.1, 0.15) is 21.5 Å². The number of para-hydroxylation sites is 1. The molecule has 0 saturated carbocycles. The average Bonchev–Trinajstić information content (AvgIpc) is 3.25. The van der Waals surface area contributed by atoms with E-state index in [0.29, 0.717) is 34.9 Å². The summed E-state index contributed by atoms with van der Waals surface area (Å²) in [7, 11) is -20.2. The van der Waals surface area contributed by atoms with Gasteiger partial charge in [0.15, 0.2) is 11.5 Å². The van der Waals surface area contributed by atoms with E-state index in [4.69, 9.17) is 5.73 Å². The van der Waals surface area contributed by atoms with E-state index in [1.54, 1.807) is 30.3 Å². The molecular weight excluding hydrogens is 971 g/mol. The Kier molecular flexibility index (Phi) is 13.1. The number of azo groups is 1. The molecule has 5 aromatic carbocycles. The maximum Gasteiger partial charge on any atom is 0.296 e. The Morgan fingerprint density at radius 1 is 0.588 bits per heavy atom. The molecule has 0 atom stereocenters. The zero-order chi connectivity index (χ0) is 49.3. The standard InChI is InChI=1S/C41H33N9O14S4/c1-22-4-2-3-5-30(22)44-33-21-28(51)13-17-31(33)48-45-25-8-6-24(7-9-25)43-32-16-12-27(20-34(32)66(56,57)58)47-49-39-35(67(59,60)61)18-23-19-36(68(62,63)64)40(41(52)37(23)38(39)42)50-46-26-10-14-29(15-11-26)65(53,54)55/h2-21,43-46H,42H2,1H3,(H,53,54,55)(H,56,57,58)(H,59,60,61)(H,62,63,64)/b48-31-,49-47?,50-40+. The van der Waals surface area contributed by atoms with Crippen LogP contribution >= 0.6 is 0 Å². The molecule has 68 heavy (non-hydrogen) atoms. The minimum absolute atomic E-state index is 0.0439. The molecule has 350 valence electrons. The summed E-state index contributed by atoms with van der Waals surface area (Å²) >= 11 is 0. The van der Waals surface area contributed by atoms with Gasteiger partial charge in [0.2, 0.25) is 5.78 Å². The minimum Gasteiger partial charge on any atom is -0.396 e. The molecule has 0 bridgehead atoms. The van der Waals surface area contributed by atoms with E-state index in [0.717, 1.165) is 41.6 Å². The van der Waals surface area contributed by atoms with Crippen molar-refractivity contribution < 1.29 is 61.5 Å². The van der Waals surface area contributed by atoms with E-state index in [1.165, 1.54) is 24.3 Å². The maximum absolute atomic E-state index is 13.8. The fourth-order valence-electron chi connectivity index (χ4n) is 6.40. The van der Waals surface area contributed by atoms with Crippen LogP contribution < -0.4 is 27.2 Å². The first kappa shape index (κ1) is 48.2. The zero-order valence-electron chi connectivity index (χ0n) is 34.4. The molecule has 0 saturated heterocycles. The van der Waals surface area contributed by atoms with Crippen LogP contribution in [0.4, 0.5) is 45.5 Å². The number of anilines is 6. The summed E-state index contributed by atoms with van der Waals surface area (Å²) in [4.78, 5) is 22.5. The van der Waals surface area contributed by atoms with Crippen molar-refractivity contribution in [2.75, 3.05) is 27.2 Å². The lowest BCUT2D eigenvalue weighted by molar-refractivity contribution is -0.110. The van der Waals surface area contributed by atoms with Gasteiger partial charge in [0.25, 0.3) is 40.5 Å². The molecule has 0 radical (unpaired) electrons. The molecule has 0 spiro atoms. The Morgan fingerprint density at radius 3 is 1.82 bits per heavy atom. The number of rotatable bonds is 14. The smallest absolute Gasteiger partial charge is 0.296 e. The summed E-state index contributed by atoms with van der Waals surface area (Å²) in [5.41, 5.74) is 10.4. The fourth-order valence-corrected chi connectivity index (χ4v) is 8.87. The molecule has 0 amide bonds. The Bertz CT molecular complexity index is 3610. The number of aryl methyl sites for hydroxylation is 1. The Balaban J connectivity index is 1.15. The maximum atomic E-state index is 13.8. The quantitative estimate of drug-likeness (QED) is 0.0194. The number of carbonyl (C=O) groups excluding carboxylic acids is 2. The normalized spacial score (nSPS) is 15.5. The Morgan fingerprint density at radius 2 is 1.21 bits per heavy atom. The highest BCUT2D eigenvalue weighted by Gasteiger charge is 2.37. The second-order valence-electron chi connectivity index (χ2n) is 14.4. The fraction of sp³-hybridized carbons (Fsp3) is 0.0244. The predicted molar refractivity (Wildman–Crippen MR) is 250 cm³/mol. The first-order valence-electron chi connectivity index (χ1n) is 19.0. The van der Waals surface area contributed by atoms with Crippen LogP contribution in [0.5, 0.6) is 0 Å². The predicted octanol–water partition coefficient (Wildman–Crippen LogP) is 6.27. The topological polar surface area (TPSA) is 375 Å². The van der Waals surface area contributed by atoms with Crippen LogP contribution in [-0.2, 0) is 45.3 Å². The lowest BCUT2D eigenvalue weighted by atomic mass is 9.92. The number of nitrogen functional groups attached to an aromatic ring is 1. The van der Waals surface area contributed by atoms with Crippen molar-refractivity contribution in [3.05, 3.63) is 143 Å². The van der Waals surface area contributed by atoms with Crippen molar-refractivity contribution >= 4 is 115 Å². The number of ketones is 2. The number of allylic oxidation sites excluding steroid dienone is 4. The van der Waals surface area contributed by atoms with Gasteiger partial charge in [0, 0.05) is 17.5 Å². The second kappa shape index (κ2) is 18.5. The molecule has 0 aromatic heterocycles. The molecule has 0 heterocycles. The summed E-state index contributed by atoms with van der Waals surface area (Å²) in [6.45, 7) is 1.91. The monoisotopic (exact) mass is 1000 g/mol. The van der Waals surface area contributed by atoms with Gasteiger partial charge in [-0.3, -0.25) is 38.7 Å². The molecule has 2 aliphatic rings. The largest absolute Gasteiger partial charge is 0.396 e. The number of hydrogen-bond acceptors (Lipinski definition) is 19. The van der Waals surface area contributed by atoms with Crippen LogP contribution in [0, 0.1) is 6.92 Å². The number of hydrazone groups is 2. The zero-order valence-corrected chi connectivity index (χ0v) is 37.7. The third kappa shape index (κ3) is 10.9. The highest BCUT2D eigenvalue weighted by atomic mass is 32.2. The van der Waals surface area contributed by atoms with Crippen molar-refractivity contribution in [2.24, 2.45) is 20.4 Å². The molecule has 0 unspecified atom stereocenters. The summed E-state index contributed by atoms with van der Waals surface area (Å²) in [5.74, 6) is -1.56. The third-order valence-corrected chi connectivity index (χ3v) is 13.2. The molecule has 0 aliphatic heterocycles. The number of fused-ring (bicyclic) bond motifs is 1. The van der Waals surface area contributed by atoms with E-state index >= 15 is 0 Å². The van der Waals surface area contributed by atoms with Crippen molar-refractivity contribution in [1.29, 1.82) is 0 Å². The van der Waals surface area contributed by atoms with Gasteiger partial charge in [-0.2, -0.15) is 49.0 Å². The molecule has 0 fully saturated rings. The molecule has 10 N–H and O–H groups in total. The van der Waals surface area contributed by atoms with Gasteiger partial charge in [0.05, 0.1) is 44.6 Å². The number of carbonyl (C=O) groups is 2. The number of nitrogens with one attached hydrogen (secondary N) is 4. The Labute approximate surface area is 386 Å². The van der Waals surface area contributed by atoms with E-state index in [-0.39, 0.29) is 22.8 Å². The van der Waals surface area contributed by atoms with Crippen LogP contribution in [0.2, 0.25) is 0 Å². The first-order valence-corrected chi connectivity index (χ1v) is 24.7. The van der Waals surface area contributed by atoms with E-state index in [1.807, 2.05) is 31.2 Å². The number of Topliss-reactive ketones (excluding diaryl/α,β-unsaturated/α-hetero) is 1. The molecular formula is C41H33N9O14S4. The highest BCUT2D eigenvalue weighted by molar-refractivity contribution is 7.91. The number of hydrogen-bond donors (Lipinski definition) is 9. The van der Waals surface area contributed by atoms with Crippen molar-refractivity contribution in [2.45, 2.75) is 21.6 Å². The van der Waals surface area contributed by atoms with Crippen LogP contribution in [0.3, 0.4) is 0 Å². The van der Waals surface area contributed by atoms with Crippen LogP contribution in [0.25, 0.3) is 6.08 Å². The van der Waals surface area contributed by atoms with Crippen LogP contribution in [0.15, 0.2) is 161 Å². The molecule has 7 rings (SSSR count). The molecule has 23 nitrogen and oxygen atoms in total. The number of nitrogens with two attached hydrogens (primary N) is 1. The van der Waals surface area contributed by atoms with E-state index in [9.17, 15) is 61.5 Å². The average molecular weight is 1000 g/mol. The highest BCUT2D eigenvalue weighted by Crippen LogP contribution is 2.41. The summed E-state index contributed by atoms with van der Waals surface area (Å²) < 4.78 is 138. The van der Waals surface area contributed by atoms with Crippen molar-refractivity contribution in [3.63, 3.8) is 0 Å².